The number of aliphatic hydroxyl groups excluding tert-OH is 1. The van der Waals surface area contributed by atoms with Crippen LogP contribution in [-0.2, 0) is 14.8 Å². The van der Waals surface area contributed by atoms with Crippen molar-refractivity contribution in [3.63, 3.8) is 0 Å². The fraction of sp³-hybridized carbons (Fsp3) is 0.222. The number of halogens is 2. The van der Waals surface area contributed by atoms with Gasteiger partial charge in [0.05, 0.1) is 11.5 Å². The molecule has 1 aromatic rings. The molecule has 18 heavy (non-hydrogen) atoms. The molecule has 0 saturated carbocycles. The minimum atomic E-state index is -4.35. The highest BCUT2D eigenvalue weighted by Gasteiger charge is 2.25. The molecule has 0 bridgehead atoms. The van der Waals surface area contributed by atoms with Crippen LogP contribution >= 0.6 is 0 Å². The molecule has 0 saturated heterocycles. The van der Waals surface area contributed by atoms with Gasteiger partial charge in [-0.2, -0.15) is 4.72 Å². The predicted molar refractivity (Wildman–Crippen MR) is 55.2 cm³/mol. The summed E-state index contributed by atoms with van der Waals surface area (Å²) in [6.45, 7) is -0.974. The van der Waals surface area contributed by atoms with Crippen LogP contribution < -0.4 is 4.72 Å². The fourth-order valence-corrected chi connectivity index (χ4v) is 2.26. The number of hydrogen-bond donors (Lipinski definition) is 3. The number of aliphatic carboxylic acids is 1. The Morgan fingerprint density at radius 3 is 2.39 bits per heavy atom. The molecule has 0 aromatic heterocycles. The van der Waals surface area contributed by atoms with E-state index in [-0.39, 0.29) is 0 Å². The third-order valence-electron chi connectivity index (χ3n) is 1.98. The van der Waals surface area contributed by atoms with E-state index in [0.717, 1.165) is 6.07 Å². The summed E-state index contributed by atoms with van der Waals surface area (Å²) < 4.78 is 50.3. The fourth-order valence-electron chi connectivity index (χ4n) is 1.07. The van der Waals surface area contributed by atoms with E-state index in [9.17, 15) is 22.0 Å². The molecule has 1 atom stereocenters. The summed E-state index contributed by atoms with van der Waals surface area (Å²) in [5, 5.41) is 17.2. The molecule has 0 radical (unpaired) electrons. The first-order valence-corrected chi connectivity index (χ1v) is 6.07. The lowest BCUT2D eigenvalue weighted by Crippen LogP contribution is -2.43. The van der Waals surface area contributed by atoms with Crippen LogP contribution in [0.1, 0.15) is 0 Å². The van der Waals surface area contributed by atoms with E-state index < -0.39 is 45.2 Å². The third-order valence-corrected chi connectivity index (χ3v) is 3.45. The highest BCUT2D eigenvalue weighted by molar-refractivity contribution is 7.89. The normalized spacial score (nSPS) is 13.3. The minimum absolute atomic E-state index is 0.411. The second-order valence-corrected chi connectivity index (χ2v) is 4.98. The Kier molecular flexibility index (Phi) is 4.33. The zero-order valence-electron chi connectivity index (χ0n) is 8.80. The number of carboxylic acids is 1. The first kappa shape index (κ1) is 14.5. The van der Waals surface area contributed by atoms with Gasteiger partial charge in [0, 0.05) is 0 Å². The molecule has 0 aliphatic heterocycles. The van der Waals surface area contributed by atoms with Crippen molar-refractivity contribution in [3.05, 3.63) is 29.8 Å². The number of carbonyl (C=O) groups is 1. The Labute approximate surface area is 101 Å². The predicted octanol–water partition coefficient (Wildman–Crippen LogP) is -0.311. The van der Waals surface area contributed by atoms with Gasteiger partial charge in [-0.3, -0.25) is 4.79 Å². The summed E-state index contributed by atoms with van der Waals surface area (Å²) >= 11 is 0. The van der Waals surface area contributed by atoms with Crippen LogP contribution in [0.4, 0.5) is 8.78 Å². The van der Waals surface area contributed by atoms with Crippen LogP contribution in [0.25, 0.3) is 0 Å². The van der Waals surface area contributed by atoms with E-state index in [1.54, 1.807) is 4.72 Å². The average molecular weight is 281 g/mol. The second-order valence-electron chi connectivity index (χ2n) is 3.27. The molecular weight excluding hydrogens is 272 g/mol. The van der Waals surface area contributed by atoms with Crippen molar-refractivity contribution in [2.45, 2.75) is 10.9 Å². The SMILES string of the molecule is O=C(O)[C@H](CO)NS(=O)(=O)c1ccc(F)c(F)c1. The topological polar surface area (TPSA) is 104 Å². The Morgan fingerprint density at radius 2 is 1.94 bits per heavy atom. The van der Waals surface area contributed by atoms with Crippen molar-refractivity contribution in [2.24, 2.45) is 0 Å². The standard InChI is InChI=1S/C9H9F2NO5S/c10-6-2-1-5(3-7(6)11)18(16,17)12-8(4-13)9(14)15/h1-3,8,12-13H,4H2,(H,14,15)/t8-/m0/s1. The molecule has 6 nitrogen and oxygen atoms in total. The zero-order valence-corrected chi connectivity index (χ0v) is 9.62. The number of hydrogen-bond acceptors (Lipinski definition) is 4. The second kappa shape index (κ2) is 5.38. The van der Waals surface area contributed by atoms with Crippen LogP contribution in [0.3, 0.4) is 0 Å². The van der Waals surface area contributed by atoms with Crippen LogP contribution in [0.2, 0.25) is 0 Å². The largest absolute Gasteiger partial charge is 0.480 e. The lowest BCUT2D eigenvalue weighted by molar-refractivity contribution is -0.139. The Bertz CT molecular complexity index is 560. The van der Waals surface area contributed by atoms with E-state index >= 15 is 0 Å². The zero-order chi connectivity index (χ0) is 13.9. The van der Waals surface area contributed by atoms with Gasteiger partial charge in [0.1, 0.15) is 6.04 Å². The minimum Gasteiger partial charge on any atom is -0.480 e. The summed E-state index contributed by atoms with van der Waals surface area (Å²) in [6.07, 6.45) is 0. The van der Waals surface area contributed by atoms with Crippen molar-refractivity contribution in [2.75, 3.05) is 6.61 Å². The summed E-state index contributed by atoms with van der Waals surface area (Å²) in [4.78, 5) is 9.90. The van der Waals surface area contributed by atoms with Crippen LogP contribution in [0.15, 0.2) is 23.1 Å². The van der Waals surface area contributed by atoms with Gasteiger partial charge < -0.3 is 10.2 Å². The molecule has 0 amide bonds. The summed E-state index contributed by atoms with van der Waals surface area (Å²) in [5.74, 6) is -4.21. The number of benzene rings is 1. The molecule has 0 spiro atoms. The number of sulfonamides is 1. The highest BCUT2D eigenvalue weighted by Crippen LogP contribution is 2.14. The maximum Gasteiger partial charge on any atom is 0.324 e. The van der Waals surface area contributed by atoms with Crippen LogP contribution in [-0.4, -0.2) is 37.2 Å². The van der Waals surface area contributed by atoms with Gasteiger partial charge in [0.2, 0.25) is 10.0 Å². The number of carboxylic acid groups (broad SMARTS) is 1. The van der Waals surface area contributed by atoms with Crippen molar-refractivity contribution in [1.29, 1.82) is 0 Å². The summed E-state index contributed by atoms with van der Waals surface area (Å²) in [6, 6.07) is 0.0203. The molecule has 100 valence electrons. The molecule has 0 fully saturated rings. The maximum absolute atomic E-state index is 12.9. The smallest absolute Gasteiger partial charge is 0.324 e. The van der Waals surface area contributed by atoms with Crippen LogP contribution in [0, 0.1) is 11.6 Å². The van der Waals surface area contributed by atoms with E-state index in [1.807, 2.05) is 0 Å². The lowest BCUT2D eigenvalue weighted by atomic mass is 10.3. The highest BCUT2D eigenvalue weighted by atomic mass is 32.2. The van der Waals surface area contributed by atoms with Crippen molar-refractivity contribution < 1.29 is 32.2 Å². The van der Waals surface area contributed by atoms with Gasteiger partial charge in [0.25, 0.3) is 0 Å². The van der Waals surface area contributed by atoms with E-state index in [4.69, 9.17) is 10.2 Å². The van der Waals surface area contributed by atoms with Crippen molar-refractivity contribution in [3.8, 4) is 0 Å². The van der Waals surface area contributed by atoms with Gasteiger partial charge in [-0.1, -0.05) is 0 Å². The molecule has 0 aliphatic carbocycles. The van der Waals surface area contributed by atoms with Crippen LogP contribution in [0.5, 0.6) is 0 Å². The Hall–Kier alpha value is -1.58. The molecule has 0 aliphatic rings. The molecule has 1 aromatic carbocycles. The molecule has 3 N–H and O–H groups in total. The quantitative estimate of drug-likeness (QED) is 0.686. The molecular formula is C9H9F2NO5S. The Balaban J connectivity index is 3.06. The molecule has 9 heteroatoms. The number of rotatable bonds is 5. The number of nitrogens with one attached hydrogen (secondary N) is 1. The van der Waals surface area contributed by atoms with Gasteiger partial charge >= 0.3 is 5.97 Å². The van der Waals surface area contributed by atoms with Gasteiger partial charge in [-0.25, -0.2) is 17.2 Å². The third kappa shape index (κ3) is 3.22. The average Bonchev–Trinajstić information content (AvgIpc) is 2.29. The van der Waals surface area contributed by atoms with E-state index in [1.165, 1.54) is 0 Å². The monoisotopic (exact) mass is 281 g/mol. The van der Waals surface area contributed by atoms with Crippen molar-refractivity contribution in [1.82, 2.24) is 4.72 Å². The van der Waals surface area contributed by atoms with E-state index in [0.29, 0.717) is 12.1 Å². The van der Waals surface area contributed by atoms with Gasteiger partial charge in [0.15, 0.2) is 11.6 Å². The maximum atomic E-state index is 12.9. The molecule has 0 heterocycles. The summed E-state index contributed by atoms with van der Waals surface area (Å²) in [5.41, 5.74) is 0. The molecule has 0 unspecified atom stereocenters. The first-order valence-electron chi connectivity index (χ1n) is 4.59. The van der Waals surface area contributed by atoms with Gasteiger partial charge in [-0.05, 0) is 18.2 Å². The van der Waals surface area contributed by atoms with Gasteiger partial charge in [-0.15, -0.1) is 0 Å². The van der Waals surface area contributed by atoms with Crippen molar-refractivity contribution >= 4 is 16.0 Å². The number of aliphatic hydroxyl groups is 1. The van der Waals surface area contributed by atoms with E-state index in [2.05, 4.69) is 0 Å². The molecule has 1 rings (SSSR count). The lowest BCUT2D eigenvalue weighted by Gasteiger charge is -2.12. The summed E-state index contributed by atoms with van der Waals surface area (Å²) in [7, 11) is -4.35. The first-order chi connectivity index (χ1) is 8.27. The Morgan fingerprint density at radius 1 is 1.33 bits per heavy atom.